The van der Waals surface area contributed by atoms with Crippen LogP contribution in [0.15, 0.2) is 53.0 Å². The van der Waals surface area contributed by atoms with Gasteiger partial charge in [-0.25, -0.2) is 4.79 Å². The normalized spacial score (nSPS) is 9.78. The van der Waals surface area contributed by atoms with Crippen molar-refractivity contribution in [3.63, 3.8) is 0 Å². The molecule has 0 atom stereocenters. The van der Waals surface area contributed by atoms with E-state index in [4.69, 9.17) is 5.73 Å². The molecule has 0 saturated heterocycles. The maximum atomic E-state index is 12.0. The maximum Gasteiger partial charge on any atom is 0.316 e. The van der Waals surface area contributed by atoms with Crippen LogP contribution in [-0.2, 0) is 0 Å². The predicted molar refractivity (Wildman–Crippen MR) is 88.7 cm³/mol. The lowest BCUT2D eigenvalue weighted by Crippen LogP contribution is -2.41. The third-order valence-electron chi connectivity index (χ3n) is 2.79. The molecule has 7 nitrogen and oxygen atoms in total. The van der Waals surface area contributed by atoms with Crippen LogP contribution in [0, 0.1) is 0 Å². The molecule has 0 aliphatic rings. The molecule has 0 unspecified atom stereocenters. The van der Waals surface area contributed by atoms with Crippen molar-refractivity contribution in [2.45, 2.75) is 0 Å². The topological polar surface area (TPSA) is 113 Å². The molecule has 23 heavy (non-hydrogen) atoms. The fourth-order valence-electron chi connectivity index (χ4n) is 1.74. The first-order valence-corrected chi connectivity index (χ1v) is 7.28. The van der Waals surface area contributed by atoms with Crippen LogP contribution in [0.4, 0.5) is 10.5 Å². The minimum absolute atomic E-state index is 0.257. The van der Waals surface area contributed by atoms with E-state index in [1.807, 2.05) is 0 Å². The van der Waals surface area contributed by atoms with Crippen LogP contribution >= 0.6 is 15.9 Å². The summed E-state index contributed by atoms with van der Waals surface area (Å²) in [7, 11) is 0. The van der Waals surface area contributed by atoms with Crippen LogP contribution in [0.5, 0.6) is 0 Å². The van der Waals surface area contributed by atoms with E-state index in [0.717, 1.165) is 4.47 Å². The first-order chi connectivity index (χ1) is 11.0. The van der Waals surface area contributed by atoms with Crippen molar-refractivity contribution in [1.29, 1.82) is 0 Å². The van der Waals surface area contributed by atoms with Gasteiger partial charge in [0.1, 0.15) is 0 Å². The third-order valence-corrected chi connectivity index (χ3v) is 3.32. The minimum atomic E-state index is -0.730. The average molecular weight is 377 g/mol. The highest BCUT2D eigenvalue weighted by atomic mass is 79.9. The number of carbonyl (C=O) groups excluding carboxylic acids is 3. The molecular formula is C15H13BrN4O3. The summed E-state index contributed by atoms with van der Waals surface area (Å²) >= 11 is 3.27. The molecule has 8 heteroatoms. The van der Waals surface area contributed by atoms with Crippen molar-refractivity contribution in [3.8, 4) is 0 Å². The summed E-state index contributed by atoms with van der Waals surface area (Å²) in [6.45, 7) is 0. The molecule has 0 aromatic heterocycles. The molecule has 5 N–H and O–H groups in total. The molecule has 4 amide bonds. The Morgan fingerprint density at radius 2 is 1.48 bits per heavy atom. The molecule has 0 aliphatic carbocycles. The van der Waals surface area contributed by atoms with Gasteiger partial charge in [-0.3, -0.25) is 20.4 Å². The standard InChI is InChI=1S/C15H13BrN4O3/c16-11-6-4-9(5-7-11)13(21)19-20-14(22)10-2-1-3-12(8-10)18-15(17)23/h1-8H,(H,19,21)(H,20,22)(H3,17,18,23). The van der Waals surface area contributed by atoms with E-state index in [-0.39, 0.29) is 5.56 Å². The van der Waals surface area contributed by atoms with Crippen molar-refractivity contribution in [3.05, 3.63) is 64.1 Å². The van der Waals surface area contributed by atoms with Crippen LogP contribution in [0.1, 0.15) is 20.7 Å². The monoisotopic (exact) mass is 376 g/mol. The largest absolute Gasteiger partial charge is 0.351 e. The zero-order valence-electron chi connectivity index (χ0n) is 11.8. The Labute approximate surface area is 140 Å². The molecule has 0 bridgehead atoms. The van der Waals surface area contributed by atoms with Crippen LogP contribution in [0.3, 0.4) is 0 Å². The number of primary amides is 1. The highest BCUT2D eigenvalue weighted by Crippen LogP contribution is 2.11. The number of hydrogen-bond donors (Lipinski definition) is 4. The van der Waals surface area contributed by atoms with Gasteiger partial charge in [-0.05, 0) is 42.5 Å². The molecule has 0 fully saturated rings. The molecule has 0 spiro atoms. The summed E-state index contributed by atoms with van der Waals surface area (Å²) in [6, 6.07) is 12.1. The Balaban J connectivity index is 1.98. The first-order valence-electron chi connectivity index (χ1n) is 6.48. The summed E-state index contributed by atoms with van der Waals surface area (Å²) < 4.78 is 0.844. The average Bonchev–Trinajstić information content (AvgIpc) is 2.52. The Kier molecular flexibility index (Phi) is 5.32. The lowest BCUT2D eigenvalue weighted by atomic mass is 10.2. The maximum absolute atomic E-state index is 12.0. The molecule has 2 aromatic rings. The number of carbonyl (C=O) groups is 3. The summed E-state index contributed by atoms with van der Waals surface area (Å²) in [5, 5.41) is 2.36. The van der Waals surface area contributed by atoms with Crippen LogP contribution in [0.2, 0.25) is 0 Å². The lowest BCUT2D eigenvalue weighted by molar-refractivity contribution is 0.0846. The number of hydrazine groups is 1. The van der Waals surface area contributed by atoms with Gasteiger partial charge in [-0.15, -0.1) is 0 Å². The summed E-state index contributed by atoms with van der Waals surface area (Å²) in [4.78, 5) is 34.7. The second-order valence-electron chi connectivity index (χ2n) is 4.49. The number of anilines is 1. The van der Waals surface area contributed by atoms with Crippen LogP contribution in [-0.4, -0.2) is 17.8 Å². The van der Waals surface area contributed by atoms with Gasteiger partial charge in [0.2, 0.25) is 0 Å². The number of halogens is 1. The van der Waals surface area contributed by atoms with E-state index in [1.165, 1.54) is 12.1 Å². The number of urea groups is 1. The van der Waals surface area contributed by atoms with Gasteiger partial charge in [0, 0.05) is 21.3 Å². The van der Waals surface area contributed by atoms with Crippen molar-refractivity contribution < 1.29 is 14.4 Å². The molecule has 118 valence electrons. The van der Waals surface area contributed by atoms with Crippen LogP contribution < -0.4 is 21.9 Å². The number of nitrogens with two attached hydrogens (primary N) is 1. The van der Waals surface area contributed by atoms with Gasteiger partial charge in [0.05, 0.1) is 0 Å². The smallest absolute Gasteiger partial charge is 0.316 e. The van der Waals surface area contributed by atoms with Crippen molar-refractivity contribution in [2.75, 3.05) is 5.32 Å². The van der Waals surface area contributed by atoms with Crippen molar-refractivity contribution in [2.24, 2.45) is 5.73 Å². The van der Waals surface area contributed by atoms with Gasteiger partial charge in [0.15, 0.2) is 0 Å². The van der Waals surface area contributed by atoms with Gasteiger partial charge in [0.25, 0.3) is 11.8 Å². The minimum Gasteiger partial charge on any atom is -0.351 e. The summed E-state index contributed by atoms with van der Waals surface area (Å²) in [5.74, 6) is -0.971. The number of amides is 4. The Bertz CT molecular complexity index is 747. The number of benzene rings is 2. The zero-order valence-corrected chi connectivity index (χ0v) is 13.4. The second kappa shape index (κ2) is 7.41. The fourth-order valence-corrected chi connectivity index (χ4v) is 2.00. The highest BCUT2D eigenvalue weighted by molar-refractivity contribution is 9.10. The molecule has 2 aromatic carbocycles. The SMILES string of the molecule is NC(=O)Nc1cccc(C(=O)NNC(=O)c2ccc(Br)cc2)c1. The molecule has 0 aliphatic heterocycles. The fraction of sp³-hybridized carbons (Fsp3) is 0. The Hall–Kier alpha value is -2.87. The van der Waals surface area contributed by atoms with Crippen LogP contribution in [0.25, 0.3) is 0 Å². The van der Waals surface area contributed by atoms with E-state index in [9.17, 15) is 14.4 Å². The van der Waals surface area contributed by atoms with Gasteiger partial charge in [-0.2, -0.15) is 0 Å². The second-order valence-corrected chi connectivity index (χ2v) is 5.40. The molecule has 2 rings (SSSR count). The molecular weight excluding hydrogens is 364 g/mol. The predicted octanol–water partition coefficient (Wildman–Crippen LogP) is 2.01. The van der Waals surface area contributed by atoms with Gasteiger partial charge < -0.3 is 11.1 Å². The quantitative estimate of drug-likeness (QED) is 0.614. The van der Waals surface area contributed by atoms with Crippen molar-refractivity contribution >= 4 is 39.5 Å². The van der Waals surface area contributed by atoms with E-state index in [1.54, 1.807) is 36.4 Å². The van der Waals surface area contributed by atoms with E-state index in [2.05, 4.69) is 32.1 Å². The highest BCUT2D eigenvalue weighted by Gasteiger charge is 2.10. The van der Waals surface area contributed by atoms with E-state index in [0.29, 0.717) is 11.3 Å². The van der Waals surface area contributed by atoms with Crippen molar-refractivity contribution in [1.82, 2.24) is 10.9 Å². The lowest BCUT2D eigenvalue weighted by Gasteiger charge is -2.09. The van der Waals surface area contributed by atoms with Gasteiger partial charge >= 0.3 is 6.03 Å². The first kappa shape index (κ1) is 16.5. The zero-order chi connectivity index (χ0) is 16.8. The van der Waals surface area contributed by atoms with E-state index < -0.39 is 17.8 Å². The third kappa shape index (κ3) is 4.82. The molecule has 0 saturated carbocycles. The summed E-state index contributed by atoms with van der Waals surface area (Å²) in [6.07, 6.45) is 0. The van der Waals surface area contributed by atoms with E-state index >= 15 is 0 Å². The Morgan fingerprint density at radius 1 is 0.870 bits per heavy atom. The molecule has 0 heterocycles. The number of rotatable bonds is 3. The Morgan fingerprint density at radius 3 is 2.09 bits per heavy atom. The number of hydrogen-bond acceptors (Lipinski definition) is 3. The van der Waals surface area contributed by atoms with Gasteiger partial charge in [-0.1, -0.05) is 22.0 Å². The summed E-state index contributed by atoms with van der Waals surface area (Å²) in [5.41, 5.74) is 10.7. The number of nitrogens with one attached hydrogen (secondary N) is 3. The molecule has 0 radical (unpaired) electrons.